The summed E-state index contributed by atoms with van der Waals surface area (Å²) in [5.74, 6) is 0.270. The predicted octanol–water partition coefficient (Wildman–Crippen LogP) is 1.47. The van der Waals surface area contributed by atoms with Crippen LogP contribution in [0.2, 0.25) is 0 Å². The third-order valence-corrected chi connectivity index (χ3v) is 4.47. The lowest BCUT2D eigenvalue weighted by atomic mass is 9.96. The van der Waals surface area contributed by atoms with Crippen molar-refractivity contribution in [1.82, 2.24) is 10.2 Å². The van der Waals surface area contributed by atoms with Crippen molar-refractivity contribution in [2.45, 2.75) is 12.8 Å². The molecule has 1 N–H and O–H groups in total. The van der Waals surface area contributed by atoms with Gasteiger partial charge in [0, 0.05) is 32.1 Å². The summed E-state index contributed by atoms with van der Waals surface area (Å²) in [6.07, 6.45) is 1.87. The van der Waals surface area contributed by atoms with Crippen molar-refractivity contribution >= 4 is 11.6 Å². The second kappa shape index (κ2) is 6.43. The average Bonchev–Trinajstić information content (AvgIpc) is 2.56. The van der Waals surface area contributed by atoms with Crippen molar-refractivity contribution in [3.8, 4) is 0 Å². The first-order valence-corrected chi connectivity index (χ1v) is 7.74. The number of piperazine rings is 1. The summed E-state index contributed by atoms with van der Waals surface area (Å²) in [4.78, 5) is 16.4. The number of para-hydroxylation sites is 1. The second-order valence-electron chi connectivity index (χ2n) is 5.79. The van der Waals surface area contributed by atoms with Gasteiger partial charge in [0.25, 0.3) is 0 Å². The highest BCUT2D eigenvalue weighted by Gasteiger charge is 2.28. The Morgan fingerprint density at radius 1 is 1.10 bits per heavy atom. The van der Waals surface area contributed by atoms with E-state index in [1.807, 2.05) is 15.9 Å². The molecule has 0 unspecified atom stereocenters. The summed E-state index contributed by atoms with van der Waals surface area (Å²) < 4.78 is 13.8. The van der Waals surface area contributed by atoms with Gasteiger partial charge in [0.05, 0.1) is 5.69 Å². The third-order valence-electron chi connectivity index (χ3n) is 4.47. The Morgan fingerprint density at radius 2 is 1.76 bits per heavy atom. The van der Waals surface area contributed by atoms with Gasteiger partial charge < -0.3 is 15.1 Å². The normalized spacial score (nSPS) is 20.6. The third kappa shape index (κ3) is 3.18. The zero-order chi connectivity index (χ0) is 14.7. The number of nitrogens with zero attached hydrogens (tertiary/aromatic N) is 2. The van der Waals surface area contributed by atoms with Crippen molar-refractivity contribution in [2.75, 3.05) is 44.2 Å². The molecule has 2 saturated heterocycles. The molecule has 4 nitrogen and oxygen atoms in total. The molecule has 2 aliphatic heterocycles. The van der Waals surface area contributed by atoms with Gasteiger partial charge in [-0.15, -0.1) is 0 Å². The largest absolute Gasteiger partial charge is 0.366 e. The van der Waals surface area contributed by atoms with Crippen LogP contribution in [0.3, 0.4) is 0 Å². The number of rotatable bonds is 2. The van der Waals surface area contributed by atoms with E-state index in [1.165, 1.54) is 6.07 Å². The molecular weight excluding hydrogens is 269 g/mol. The lowest BCUT2D eigenvalue weighted by Crippen LogP contribution is -2.51. The molecule has 1 aromatic carbocycles. The number of halogens is 1. The lowest BCUT2D eigenvalue weighted by molar-refractivity contribution is -0.136. The van der Waals surface area contributed by atoms with Crippen LogP contribution in [0.1, 0.15) is 12.8 Å². The maximum atomic E-state index is 13.8. The van der Waals surface area contributed by atoms with E-state index >= 15 is 0 Å². The number of amides is 1. The van der Waals surface area contributed by atoms with Crippen LogP contribution in [-0.2, 0) is 4.79 Å². The van der Waals surface area contributed by atoms with E-state index in [1.54, 1.807) is 12.1 Å². The Balaban J connectivity index is 1.57. The number of carbonyl (C=O) groups excluding carboxylic acids is 1. The molecule has 3 rings (SSSR count). The fraction of sp³-hybridized carbons (Fsp3) is 0.562. The monoisotopic (exact) mass is 291 g/mol. The zero-order valence-corrected chi connectivity index (χ0v) is 12.2. The summed E-state index contributed by atoms with van der Waals surface area (Å²) in [5, 5.41) is 3.29. The molecule has 1 amide bonds. The van der Waals surface area contributed by atoms with Crippen LogP contribution in [0.4, 0.5) is 10.1 Å². The quantitative estimate of drug-likeness (QED) is 0.896. The van der Waals surface area contributed by atoms with E-state index in [2.05, 4.69) is 5.32 Å². The molecule has 0 atom stereocenters. The van der Waals surface area contributed by atoms with Gasteiger partial charge in [-0.25, -0.2) is 4.39 Å². The van der Waals surface area contributed by atoms with Crippen molar-refractivity contribution in [1.29, 1.82) is 0 Å². The molecule has 2 fully saturated rings. The average molecular weight is 291 g/mol. The molecule has 5 heteroatoms. The van der Waals surface area contributed by atoms with Crippen LogP contribution in [0, 0.1) is 11.7 Å². The van der Waals surface area contributed by atoms with Crippen molar-refractivity contribution < 1.29 is 9.18 Å². The fourth-order valence-corrected chi connectivity index (χ4v) is 3.20. The first-order valence-electron chi connectivity index (χ1n) is 7.74. The summed E-state index contributed by atoms with van der Waals surface area (Å²) in [5.41, 5.74) is 0.645. The Bertz CT molecular complexity index is 494. The minimum atomic E-state index is -0.185. The standard InChI is InChI=1S/C16H22FN3O/c17-14-3-1-2-4-15(14)19-9-11-20(12-10-19)16(21)13-5-7-18-8-6-13/h1-4,13,18H,5-12H2. The number of carbonyl (C=O) groups is 1. The van der Waals surface area contributed by atoms with Crippen molar-refractivity contribution in [3.05, 3.63) is 30.1 Å². The van der Waals surface area contributed by atoms with E-state index < -0.39 is 0 Å². The molecule has 0 spiro atoms. The van der Waals surface area contributed by atoms with Crippen LogP contribution in [0.15, 0.2) is 24.3 Å². The van der Waals surface area contributed by atoms with E-state index in [0.717, 1.165) is 25.9 Å². The molecular formula is C16H22FN3O. The van der Waals surface area contributed by atoms with Gasteiger partial charge in [-0.3, -0.25) is 4.79 Å². The van der Waals surface area contributed by atoms with Crippen molar-refractivity contribution in [3.63, 3.8) is 0 Å². The molecule has 0 saturated carbocycles. The molecule has 21 heavy (non-hydrogen) atoms. The highest BCUT2D eigenvalue weighted by atomic mass is 19.1. The number of benzene rings is 1. The summed E-state index contributed by atoms with van der Waals surface area (Å²) in [6.45, 7) is 4.67. The molecule has 0 aliphatic carbocycles. The van der Waals surface area contributed by atoms with Crippen LogP contribution < -0.4 is 10.2 Å². The van der Waals surface area contributed by atoms with E-state index in [-0.39, 0.29) is 17.6 Å². The van der Waals surface area contributed by atoms with Gasteiger partial charge in [-0.2, -0.15) is 0 Å². The van der Waals surface area contributed by atoms with Crippen LogP contribution >= 0.6 is 0 Å². The molecule has 2 aliphatic rings. The van der Waals surface area contributed by atoms with Crippen molar-refractivity contribution in [2.24, 2.45) is 5.92 Å². The molecule has 0 radical (unpaired) electrons. The molecule has 2 heterocycles. The predicted molar refractivity (Wildman–Crippen MR) is 80.8 cm³/mol. The fourth-order valence-electron chi connectivity index (χ4n) is 3.20. The minimum absolute atomic E-state index is 0.172. The minimum Gasteiger partial charge on any atom is -0.366 e. The Labute approximate surface area is 124 Å². The highest BCUT2D eigenvalue weighted by Crippen LogP contribution is 2.22. The molecule has 0 bridgehead atoms. The highest BCUT2D eigenvalue weighted by molar-refractivity contribution is 5.79. The number of piperidine rings is 1. The Kier molecular flexibility index (Phi) is 4.39. The maximum absolute atomic E-state index is 13.8. The number of anilines is 1. The first kappa shape index (κ1) is 14.3. The van der Waals surface area contributed by atoms with Gasteiger partial charge >= 0.3 is 0 Å². The second-order valence-corrected chi connectivity index (χ2v) is 5.79. The Hall–Kier alpha value is -1.62. The SMILES string of the molecule is O=C(C1CCNCC1)N1CCN(c2ccccc2F)CC1. The molecule has 0 aromatic heterocycles. The number of hydrogen-bond acceptors (Lipinski definition) is 3. The van der Waals surface area contributed by atoms with Gasteiger partial charge in [-0.1, -0.05) is 12.1 Å². The first-order chi connectivity index (χ1) is 10.3. The smallest absolute Gasteiger partial charge is 0.225 e. The van der Waals surface area contributed by atoms with Gasteiger partial charge in [0.1, 0.15) is 5.82 Å². The summed E-state index contributed by atoms with van der Waals surface area (Å²) in [6, 6.07) is 6.85. The van der Waals surface area contributed by atoms with Gasteiger partial charge in [0.2, 0.25) is 5.91 Å². The summed E-state index contributed by atoms with van der Waals surface area (Å²) in [7, 11) is 0. The number of hydrogen-bond donors (Lipinski definition) is 1. The van der Waals surface area contributed by atoms with Crippen LogP contribution in [0.5, 0.6) is 0 Å². The maximum Gasteiger partial charge on any atom is 0.225 e. The van der Waals surface area contributed by atoms with E-state index in [4.69, 9.17) is 0 Å². The zero-order valence-electron chi connectivity index (χ0n) is 12.2. The summed E-state index contributed by atoms with van der Waals surface area (Å²) >= 11 is 0. The topological polar surface area (TPSA) is 35.6 Å². The van der Waals surface area contributed by atoms with Crippen LogP contribution in [0.25, 0.3) is 0 Å². The lowest BCUT2D eigenvalue weighted by Gasteiger charge is -2.38. The van der Waals surface area contributed by atoms with Crippen LogP contribution in [-0.4, -0.2) is 50.1 Å². The molecule has 1 aromatic rings. The van der Waals surface area contributed by atoms with Gasteiger partial charge in [0.15, 0.2) is 0 Å². The number of nitrogens with one attached hydrogen (secondary N) is 1. The Morgan fingerprint density at radius 3 is 2.43 bits per heavy atom. The van der Waals surface area contributed by atoms with Gasteiger partial charge in [-0.05, 0) is 38.1 Å². The van der Waals surface area contributed by atoms with E-state index in [0.29, 0.717) is 31.9 Å². The molecule has 114 valence electrons. The van der Waals surface area contributed by atoms with E-state index in [9.17, 15) is 9.18 Å².